The lowest BCUT2D eigenvalue weighted by Crippen LogP contribution is -2.06. The van der Waals surface area contributed by atoms with E-state index >= 15 is 0 Å². The van der Waals surface area contributed by atoms with Crippen molar-refractivity contribution in [3.63, 3.8) is 0 Å². The normalized spacial score (nSPS) is 12.7. The molecule has 3 rings (SSSR count). The zero-order chi connectivity index (χ0) is 24.3. The molecule has 1 unspecified atom stereocenters. The summed E-state index contributed by atoms with van der Waals surface area (Å²) < 4.78 is 50.6. The van der Waals surface area contributed by atoms with Crippen molar-refractivity contribution in [3.8, 4) is 17.2 Å². The predicted molar refractivity (Wildman–Crippen MR) is 117 cm³/mol. The first-order valence-corrected chi connectivity index (χ1v) is 10.6. The first kappa shape index (κ1) is 24.4. The molecule has 0 bridgehead atoms. The third-order valence-electron chi connectivity index (χ3n) is 5.29. The van der Waals surface area contributed by atoms with Crippen molar-refractivity contribution in [1.29, 1.82) is 0 Å². The number of aromatic nitrogens is 1. The van der Waals surface area contributed by atoms with Gasteiger partial charge in [-0.05, 0) is 73.7 Å². The van der Waals surface area contributed by atoms with Crippen LogP contribution in [0, 0.1) is 6.92 Å². The number of nitrogens with zero attached hydrogens (tertiary/aromatic N) is 1. The highest BCUT2D eigenvalue weighted by molar-refractivity contribution is 5.67. The van der Waals surface area contributed by atoms with Crippen LogP contribution in [0.15, 0.2) is 46.9 Å². The van der Waals surface area contributed by atoms with Gasteiger partial charge in [-0.25, -0.2) is 4.98 Å². The average Bonchev–Trinajstić information content (AvgIpc) is 3.18. The van der Waals surface area contributed by atoms with E-state index in [2.05, 4.69) is 4.98 Å². The molecule has 33 heavy (non-hydrogen) atoms. The van der Waals surface area contributed by atoms with Gasteiger partial charge in [-0.3, -0.25) is 4.79 Å². The maximum Gasteiger partial charge on any atom is 0.416 e. The lowest BCUT2D eigenvalue weighted by Gasteiger charge is -2.16. The van der Waals surface area contributed by atoms with Crippen molar-refractivity contribution >= 4 is 5.97 Å². The van der Waals surface area contributed by atoms with E-state index in [9.17, 15) is 18.0 Å². The summed E-state index contributed by atoms with van der Waals surface area (Å²) in [7, 11) is 0. The third kappa shape index (κ3) is 5.94. The molecule has 0 aliphatic heterocycles. The standard InChI is InChI=1S/C25H26F3NO4/c1-14(2)22-23(33-24(29-22)18-5-9-19(10-6-18)25(26,27)28)16(4)32-20-11-7-17(15(3)13-20)8-12-21(30)31/h5-7,9-11,13-14,16H,8,12H2,1-4H3,(H,30,31). The Kier molecular flexibility index (Phi) is 7.15. The second kappa shape index (κ2) is 9.68. The van der Waals surface area contributed by atoms with Gasteiger partial charge in [0.2, 0.25) is 5.89 Å². The molecule has 0 aliphatic carbocycles. The van der Waals surface area contributed by atoms with Crippen LogP contribution in [0.25, 0.3) is 11.5 Å². The zero-order valence-electron chi connectivity index (χ0n) is 18.9. The fraction of sp³-hybridized carbons (Fsp3) is 0.360. The minimum absolute atomic E-state index is 0.0122. The van der Waals surface area contributed by atoms with Crippen LogP contribution in [0.4, 0.5) is 13.2 Å². The molecule has 1 N–H and O–H groups in total. The summed E-state index contributed by atoms with van der Waals surface area (Å²) in [5.74, 6) is 0.503. The van der Waals surface area contributed by atoms with Crippen molar-refractivity contribution in [1.82, 2.24) is 4.98 Å². The Bertz CT molecular complexity index is 1120. The van der Waals surface area contributed by atoms with Crippen LogP contribution in [-0.4, -0.2) is 16.1 Å². The molecule has 0 radical (unpaired) electrons. The van der Waals surface area contributed by atoms with Crippen LogP contribution >= 0.6 is 0 Å². The van der Waals surface area contributed by atoms with E-state index in [0.717, 1.165) is 23.3 Å². The third-order valence-corrected chi connectivity index (χ3v) is 5.29. The summed E-state index contributed by atoms with van der Waals surface area (Å²) in [6.07, 6.45) is -4.41. The molecule has 0 aliphatic rings. The Labute approximate surface area is 190 Å². The Morgan fingerprint density at radius 3 is 2.33 bits per heavy atom. The predicted octanol–water partition coefficient (Wildman–Crippen LogP) is 6.95. The number of carbonyl (C=O) groups is 1. The van der Waals surface area contributed by atoms with Gasteiger partial charge in [0.25, 0.3) is 0 Å². The van der Waals surface area contributed by atoms with Gasteiger partial charge in [0.1, 0.15) is 5.75 Å². The number of alkyl halides is 3. The zero-order valence-corrected chi connectivity index (χ0v) is 18.9. The molecule has 3 aromatic rings. The number of rotatable bonds is 8. The summed E-state index contributed by atoms with van der Waals surface area (Å²) >= 11 is 0. The molecule has 8 heteroatoms. The Morgan fingerprint density at radius 1 is 1.12 bits per heavy atom. The highest BCUT2D eigenvalue weighted by Crippen LogP contribution is 2.35. The fourth-order valence-corrected chi connectivity index (χ4v) is 3.50. The molecule has 2 aromatic carbocycles. The van der Waals surface area contributed by atoms with E-state index in [1.54, 1.807) is 6.07 Å². The Hall–Kier alpha value is -3.29. The number of carboxylic acids is 1. The monoisotopic (exact) mass is 461 g/mol. The number of hydrogen-bond donors (Lipinski definition) is 1. The summed E-state index contributed by atoms with van der Waals surface area (Å²) in [6, 6.07) is 10.2. The van der Waals surface area contributed by atoms with E-state index < -0.39 is 23.8 Å². The number of ether oxygens (including phenoxy) is 1. The van der Waals surface area contributed by atoms with Crippen molar-refractivity contribution in [3.05, 3.63) is 70.6 Å². The van der Waals surface area contributed by atoms with Gasteiger partial charge >= 0.3 is 12.1 Å². The van der Waals surface area contributed by atoms with Crippen LogP contribution in [0.1, 0.15) is 67.4 Å². The lowest BCUT2D eigenvalue weighted by atomic mass is 10.0. The van der Waals surface area contributed by atoms with Crippen molar-refractivity contribution in [2.24, 2.45) is 0 Å². The van der Waals surface area contributed by atoms with Gasteiger partial charge in [-0.1, -0.05) is 19.9 Å². The molecule has 0 saturated heterocycles. The second-order valence-corrected chi connectivity index (χ2v) is 8.24. The first-order chi connectivity index (χ1) is 15.5. The summed E-state index contributed by atoms with van der Waals surface area (Å²) in [5, 5.41) is 8.88. The van der Waals surface area contributed by atoms with E-state index in [4.69, 9.17) is 14.3 Å². The molecule has 176 valence electrons. The summed E-state index contributed by atoms with van der Waals surface area (Å²) in [4.78, 5) is 15.3. The number of oxazole rings is 1. The quantitative estimate of drug-likeness (QED) is 0.393. The summed E-state index contributed by atoms with van der Waals surface area (Å²) in [6.45, 7) is 7.61. The largest absolute Gasteiger partial charge is 0.483 e. The molecule has 0 saturated carbocycles. The molecule has 1 heterocycles. The number of benzene rings is 2. The number of carboxylic acid groups (broad SMARTS) is 1. The lowest BCUT2D eigenvalue weighted by molar-refractivity contribution is -0.138. The van der Waals surface area contributed by atoms with Gasteiger partial charge in [0.05, 0.1) is 11.3 Å². The van der Waals surface area contributed by atoms with Crippen molar-refractivity contribution in [2.45, 2.75) is 58.7 Å². The highest BCUT2D eigenvalue weighted by atomic mass is 19.4. The van der Waals surface area contributed by atoms with Crippen LogP contribution in [0.5, 0.6) is 5.75 Å². The number of aliphatic carboxylic acids is 1. The highest BCUT2D eigenvalue weighted by Gasteiger charge is 2.30. The van der Waals surface area contributed by atoms with Crippen LogP contribution in [-0.2, 0) is 17.4 Å². The van der Waals surface area contributed by atoms with Crippen molar-refractivity contribution in [2.75, 3.05) is 0 Å². The van der Waals surface area contributed by atoms with Crippen LogP contribution < -0.4 is 4.74 Å². The Morgan fingerprint density at radius 2 is 1.79 bits per heavy atom. The van der Waals surface area contributed by atoms with E-state index in [1.165, 1.54) is 12.1 Å². The molecule has 1 aromatic heterocycles. The van der Waals surface area contributed by atoms with Crippen molar-refractivity contribution < 1.29 is 32.2 Å². The van der Waals surface area contributed by atoms with Gasteiger partial charge in [0.15, 0.2) is 11.9 Å². The fourth-order valence-electron chi connectivity index (χ4n) is 3.50. The molecule has 0 fully saturated rings. The first-order valence-electron chi connectivity index (χ1n) is 10.6. The molecule has 5 nitrogen and oxygen atoms in total. The number of aryl methyl sites for hydroxylation is 2. The van der Waals surface area contributed by atoms with Crippen LogP contribution in [0.3, 0.4) is 0 Å². The van der Waals surface area contributed by atoms with E-state index in [1.807, 2.05) is 39.8 Å². The molecular formula is C25H26F3NO4. The maximum absolute atomic E-state index is 12.9. The molecular weight excluding hydrogens is 435 g/mol. The SMILES string of the molecule is Cc1cc(OC(C)c2oc(-c3ccc(C(F)(F)F)cc3)nc2C(C)C)ccc1CCC(=O)O. The second-order valence-electron chi connectivity index (χ2n) is 8.24. The molecule has 0 spiro atoms. The smallest absolute Gasteiger partial charge is 0.416 e. The van der Waals surface area contributed by atoms with E-state index in [-0.39, 0.29) is 18.2 Å². The Balaban J connectivity index is 1.83. The van der Waals surface area contributed by atoms with Gasteiger partial charge in [-0.15, -0.1) is 0 Å². The van der Waals surface area contributed by atoms with Gasteiger partial charge < -0.3 is 14.3 Å². The molecule has 1 atom stereocenters. The van der Waals surface area contributed by atoms with Crippen LogP contribution in [0.2, 0.25) is 0 Å². The molecule has 0 amide bonds. The van der Waals surface area contributed by atoms with Gasteiger partial charge in [0, 0.05) is 12.0 Å². The maximum atomic E-state index is 12.9. The number of hydrogen-bond acceptors (Lipinski definition) is 4. The minimum atomic E-state index is -4.41. The topological polar surface area (TPSA) is 72.6 Å². The minimum Gasteiger partial charge on any atom is -0.483 e. The number of halogens is 3. The summed E-state index contributed by atoms with van der Waals surface area (Å²) in [5.41, 5.74) is 2.24. The van der Waals surface area contributed by atoms with E-state index in [0.29, 0.717) is 29.2 Å². The van der Waals surface area contributed by atoms with Gasteiger partial charge in [-0.2, -0.15) is 13.2 Å². The average molecular weight is 461 g/mol.